The quantitative estimate of drug-likeness (QED) is 0.877. The van der Waals surface area contributed by atoms with Crippen molar-refractivity contribution in [2.45, 2.75) is 32.9 Å². The number of hydrogen-bond donors (Lipinski definition) is 1. The highest BCUT2D eigenvalue weighted by Gasteiger charge is 2.15. The van der Waals surface area contributed by atoms with Crippen molar-refractivity contribution in [1.29, 1.82) is 0 Å². The zero-order chi connectivity index (χ0) is 12.8. The van der Waals surface area contributed by atoms with E-state index in [4.69, 9.17) is 4.74 Å². The molecule has 5 heteroatoms. The second-order valence-corrected chi connectivity index (χ2v) is 4.78. The predicted molar refractivity (Wildman–Crippen MR) is 71.2 cm³/mol. The van der Waals surface area contributed by atoms with Gasteiger partial charge < -0.3 is 14.6 Å². The van der Waals surface area contributed by atoms with Crippen LogP contribution in [-0.2, 0) is 11.3 Å². The molecule has 0 radical (unpaired) electrons. The average molecular weight is 303 g/mol. The van der Waals surface area contributed by atoms with Gasteiger partial charge in [-0.3, -0.25) is 4.79 Å². The molecule has 1 amide bonds. The molecule has 1 N–H and O–H groups in total. The minimum Gasteiger partial charge on any atom is -0.383 e. The largest absolute Gasteiger partial charge is 0.383 e. The van der Waals surface area contributed by atoms with Crippen molar-refractivity contribution >= 4 is 21.8 Å². The fraction of sp³-hybridized carbons (Fsp3) is 0.583. The topological polar surface area (TPSA) is 43.3 Å². The molecule has 1 unspecified atom stereocenters. The van der Waals surface area contributed by atoms with Crippen LogP contribution in [0.4, 0.5) is 0 Å². The van der Waals surface area contributed by atoms with Crippen LogP contribution in [0.25, 0.3) is 0 Å². The molecule has 1 aromatic rings. The van der Waals surface area contributed by atoms with Crippen LogP contribution in [0.2, 0.25) is 0 Å². The minimum absolute atomic E-state index is 0.0542. The molecule has 4 nitrogen and oxygen atoms in total. The summed E-state index contributed by atoms with van der Waals surface area (Å²) in [5.41, 5.74) is 0.675. The number of nitrogens with zero attached hydrogens (tertiary/aromatic N) is 1. The number of amides is 1. The van der Waals surface area contributed by atoms with Gasteiger partial charge in [-0.15, -0.1) is 0 Å². The monoisotopic (exact) mass is 302 g/mol. The van der Waals surface area contributed by atoms with Crippen molar-refractivity contribution in [3.8, 4) is 0 Å². The molecule has 1 atom stereocenters. The predicted octanol–water partition coefficient (Wildman–Crippen LogP) is 2.43. The Morgan fingerprint density at radius 3 is 2.82 bits per heavy atom. The normalized spacial score (nSPS) is 12.5. The van der Waals surface area contributed by atoms with Crippen molar-refractivity contribution in [2.24, 2.45) is 0 Å². The maximum atomic E-state index is 12.1. The summed E-state index contributed by atoms with van der Waals surface area (Å²) >= 11 is 3.38. The van der Waals surface area contributed by atoms with Crippen LogP contribution in [0.3, 0.4) is 0 Å². The molecule has 0 aromatic carbocycles. The van der Waals surface area contributed by atoms with Gasteiger partial charge >= 0.3 is 0 Å². The number of ether oxygens (including phenoxy) is 1. The van der Waals surface area contributed by atoms with E-state index in [1.165, 1.54) is 0 Å². The highest BCUT2D eigenvalue weighted by Crippen LogP contribution is 2.15. The molecule has 0 saturated heterocycles. The van der Waals surface area contributed by atoms with E-state index >= 15 is 0 Å². The molecule has 17 heavy (non-hydrogen) atoms. The first-order valence-electron chi connectivity index (χ1n) is 5.77. The summed E-state index contributed by atoms with van der Waals surface area (Å²) < 4.78 is 7.90. The Labute approximate surface area is 110 Å². The van der Waals surface area contributed by atoms with Gasteiger partial charge in [0.1, 0.15) is 5.69 Å². The number of carbonyl (C=O) groups is 1. The summed E-state index contributed by atoms with van der Waals surface area (Å²) in [6, 6.07) is 1.89. The number of rotatable bonds is 6. The van der Waals surface area contributed by atoms with Gasteiger partial charge in [0, 0.05) is 24.3 Å². The summed E-state index contributed by atoms with van der Waals surface area (Å²) in [6.45, 7) is 5.35. The highest BCUT2D eigenvalue weighted by molar-refractivity contribution is 9.10. The van der Waals surface area contributed by atoms with E-state index < -0.39 is 0 Å². The molecule has 0 spiro atoms. The Bertz CT molecular complexity index is 377. The van der Waals surface area contributed by atoms with Crippen molar-refractivity contribution in [3.05, 3.63) is 22.4 Å². The molecule has 1 heterocycles. The lowest BCUT2D eigenvalue weighted by molar-refractivity contribution is 0.0885. The second kappa shape index (κ2) is 6.81. The molecule has 0 saturated carbocycles. The molecule has 1 rings (SSSR count). The number of halogens is 1. The Morgan fingerprint density at radius 1 is 1.59 bits per heavy atom. The van der Waals surface area contributed by atoms with Crippen molar-refractivity contribution < 1.29 is 9.53 Å². The molecule has 0 aliphatic heterocycles. The smallest absolute Gasteiger partial charge is 0.268 e. The first-order valence-corrected chi connectivity index (χ1v) is 6.57. The zero-order valence-corrected chi connectivity index (χ0v) is 12.1. The van der Waals surface area contributed by atoms with Crippen molar-refractivity contribution in [2.75, 3.05) is 13.7 Å². The van der Waals surface area contributed by atoms with Crippen LogP contribution in [-0.4, -0.2) is 30.2 Å². The lowest BCUT2D eigenvalue weighted by atomic mass is 10.2. The molecular formula is C12H19BrN2O2. The van der Waals surface area contributed by atoms with Crippen molar-refractivity contribution in [3.63, 3.8) is 0 Å². The van der Waals surface area contributed by atoms with Crippen LogP contribution in [0.1, 0.15) is 30.8 Å². The number of methoxy groups -OCH3 is 1. The number of hydrogen-bond acceptors (Lipinski definition) is 2. The third-order valence-electron chi connectivity index (χ3n) is 2.63. The molecule has 0 bridgehead atoms. The van der Waals surface area contributed by atoms with Crippen LogP contribution in [0, 0.1) is 0 Å². The fourth-order valence-corrected chi connectivity index (χ4v) is 2.11. The number of carbonyl (C=O) groups excluding carboxylic acids is 1. The van der Waals surface area contributed by atoms with E-state index in [9.17, 15) is 4.79 Å². The summed E-state index contributed by atoms with van der Waals surface area (Å²) in [5, 5.41) is 2.97. The van der Waals surface area contributed by atoms with E-state index in [1.807, 2.05) is 30.7 Å². The van der Waals surface area contributed by atoms with Gasteiger partial charge in [-0.25, -0.2) is 0 Å². The van der Waals surface area contributed by atoms with Crippen molar-refractivity contribution in [1.82, 2.24) is 9.88 Å². The average Bonchev–Trinajstić information content (AvgIpc) is 2.69. The van der Waals surface area contributed by atoms with Gasteiger partial charge in [-0.1, -0.05) is 6.92 Å². The van der Waals surface area contributed by atoms with Gasteiger partial charge in [-0.05, 0) is 35.3 Å². The van der Waals surface area contributed by atoms with E-state index in [0.29, 0.717) is 12.3 Å². The van der Waals surface area contributed by atoms with Gasteiger partial charge in [0.15, 0.2) is 0 Å². The maximum Gasteiger partial charge on any atom is 0.268 e. The van der Waals surface area contributed by atoms with Crippen LogP contribution in [0.15, 0.2) is 16.7 Å². The van der Waals surface area contributed by atoms with E-state index in [2.05, 4.69) is 21.2 Å². The standard InChI is InChI=1S/C12H19BrN2O2/c1-4-10(8-17-3)14-12(16)11-6-9(13)7-15(11)5-2/h6-7,10H,4-5,8H2,1-3H3,(H,14,16). The Hall–Kier alpha value is -0.810. The first-order chi connectivity index (χ1) is 8.12. The zero-order valence-electron chi connectivity index (χ0n) is 10.5. The summed E-state index contributed by atoms with van der Waals surface area (Å²) in [5.74, 6) is -0.0542. The number of aromatic nitrogens is 1. The Morgan fingerprint density at radius 2 is 2.29 bits per heavy atom. The molecule has 0 aliphatic rings. The molecule has 96 valence electrons. The van der Waals surface area contributed by atoms with Gasteiger partial charge in [0.25, 0.3) is 5.91 Å². The van der Waals surface area contributed by atoms with Gasteiger partial charge in [0.2, 0.25) is 0 Å². The van der Waals surface area contributed by atoms with E-state index in [0.717, 1.165) is 17.4 Å². The lowest BCUT2D eigenvalue weighted by Crippen LogP contribution is -2.38. The Kier molecular flexibility index (Phi) is 5.71. The first kappa shape index (κ1) is 14.3. The second-order valence-electron chi connectivity index (χ2n) is 3.86. The van der Waals surface area contributed by atoms with E-state index in [-0.39, 0.29) is 11.9 Å². The molecular weight excluding hydrogens is 284 g/mol. The SMILES string of the molecule is CCC(COC)NC(=O)c1cc(Br)cn1CC. The molecule has 0 aliphatic carbocycles. The summed E-state index contributed by atoms with van der Waals surface area (Å²) in [4.78, 5) is 12.1. The van der Waals surface area contributed by atoms with Crippen LogP contribution >= 0.6 is 15.9 Å². The maximum absolute atomic E-state index is 12.1. The lowest BCUT2D eigenvalue weighted by Gasteiger charge is -2.16. The Balaban J connectivity index is 2.74. The number of nitrogens with one attached hydrogen (secondary N) is 1. The molecule has 1 aromatic heterocycles. The van der Waals surface area contributed by atoms with Gasteiger partial charge in [0.05, 0.1) is 12.6 Å². The fourth-order valence-electron chi connectivity index (χ4n) is 1.65. The van der Waals surface area contributed by atoms with Crippen LogP contribution < -0.4 is 5.32 Å². The third-order valence-corrected chi connectivity index (χ3v) is 3.07. The van der Waals surface area contributed by atoms with Gasteiger partial charge in [-0.2, -0.15) is 0 Å². The van der Waals surface area contributed by atoms with E-state index in [1.54, 1.807) is 7.11 Å². The molecule has 0 fully saturated rings. The summed E-state index contributed by atoms with van der Waals surface area (Å²) in [6.07, 6.45) is 2.76. The minimum atomic E-state index is -0.0542. The van der Waals surface area contributed by atoms with Crippen LogP contribution in [0.5, 0.6) is 0 Å². The third kappa shape index (κ3) is 3.85. The number of aryl methyl sites for hydroxylation is 1. The summed E-state index contributed by atoms with van der Waals surface area (Å²) in [7, 11) is 1.64. The highest BCUT2D eigenvalue weighted by atomic mass is 79.9.